The van der Waals surface area contributed by atoms with E-state index in [9.17, 15) is 4.79 Å². The van der Waals surface area contributed by atoms with Crippen molar-refractivity contribution in [2.24, 2.45) is 11.8 Å². The van der Waals surface area contributed by atoms with Gasteiger partial charge in [0.2, 0.25) is 0 Å². The van der Waals surface area contributed by atoms with Crippen molar-refractivity contribution in [3.8, 4) is 5.75 Å². The average molecular weight is 280 g/mol. The monoisotopic (exact) mass is 280 g/mol. The van der Waals surface area contributed by atoms with Gasteiger partial charge in [-0.1, -0.05) is 20.3 Å². The van der Waals surface area contributed by atoms with Gasteiger partial charge in [-0.2, -0.15) is 0 Å². The first-order valence-corrected chi connectivity index (χ1v) is 6.99. The topological polar surface area (TPSA) is 73.6 Å². The van der Waals surface area contributed by atoms with Crippen LogP contribution in [0.5, 0.6) is 5.75 Å². The van der Waals surface area contributed by atoms with Gasteiger partial charge in [-0.3, -0.25) is 10.2 Å². The van der Waals surface area contributed by atoms with Crippen LogP contribution in [0.1, 0.15) is 37.0 Å². The fraction of sp³-hybridized carbons (Fsp3) is 0.533. The molecule has 20 heavy (non-hydrogen) atoms. The van der Waals surface area contributed by atoms with Crippen LogP contribution in [0, 0.1) is 5.92 Å². The van der Waals surface area contributed by atoms with Crippen molar-refractivity contribution >= 4 is 5.91 Å². The number of hydrogen-bond acceptors (Lipinski definition) is 4. The van der Waals surface area contributed by atoms with Crippen LogP contribution in [-0.2, 0) is 4.74 Å². The lowest BCUT2D eigenvalue weighted by atomic mass is 10.1. The van der Waals surface area contributed by atoms with Gasteiger partial charge in [-0.15, -0.1) is 0 Å². The van der Waals surface area contributed by atoms with Crippen LogP contribution in [0.4, 0.5) is 0 Å². The lowest BCUT2D eigenvalue weighted by Gasteiger charge is -2.11. The third kappa shape index (κ3) is 6.04. The maximum atomic E-state index is 11.2. The minimum atomic E-state index is -0.315. The Bertz CT molecular complexity index is 393. The number of amides is 1. The van der Waals surface area contributed by atoms with Crippen molar-refractivity contribution in [1.82, 2.24) is 5.43 Å². The molecule has 112 valence electrons. The van der Waals surface area contributed by atoms with Crippen LogP contribution in [0.2, 0.25) is 0 Å². The van der Waals surface area contributed by atoms with Crippen LogP contribution in [0.3, 0.4) is 0 Å². The van der Waals surface area contributed by atoms with E-state index in [1.54, 1.807) is 24.3 Å². The molecule has 1 rings (SSSR count). The first-order chi connectivity index (χ1) is 9.67. The second-order valence-electron chi connectivity index (χ2n) is 4.82. The fourth-order valence-corrected chi connectivity index (χ4v) is 1.86. The molecule has 0 fully saturated rings. The van der Waals surface area contributed by atoms with E-state index in [0.29, 0.717) is 30.4 Å². The summed E-state index contributed by atoms with van der Waals surface area (Å²) in [6.45, 7) is 6.20. The highest BCUT2D eigenvalue weighted by molar-refractivity contribution is 5.93. The molecule has 0 saturated heterocycles. The fourth-order valence-electron chi connectivity index (χ4n) is 1.86. The molecule has 0 aliphatic carbocycles. The normalized spacial score (nSPS) is 11.9. The smallest absolute Gasteiger partial charge is 0.265 e. The largest absolute Gasteiger partial charge is 0.491 e. The Kier molecular flexibility index (Phi) is 7.69. The SMILES string of the molecule is CCCC(C)COCCOc1ccc(C(=O)NN)cc1. The highest BCUT2D eigenvalue weighted by Gasteiger charge is 2.03. The molecular formula is C15H24N2O3. The van der Waals surface area contributed by atoms with Gasteiger partial charge in [0.05, 0.1) is 6.61 Å². The van der Waals surface area contributed by atoms with Crippen molar-refractivity contribution in [2.45, 2.75) is 26.7 Å². The molecule has 1 unspecified atom stereocenters. The van der Waals surface area contributed by atoms with Gasteiger partial charge in [0, 0.05) is 12.2 Å². The Labute approximate surface area is 120 Å². The number of benzene rings is 1. The zero-order valence-corrected chi connectivity index (χ0v) is 12.2. The van der Waals surface area contributed by atoms with Gasteiger partial charge in [0.1, 0.15) is 12.4 Å². The van der Waals surface area contributed by atoms with E-state index < -0.39 is 0 Å². The Morgan fingerprint density at radius 3 is 2.60 bits per heavy atom. The first kappa shape index (κ1) is 16.5. The maximum absolute atomic E-state index is 11.2. The summed E-state index contributed by atoms with van der Waals surface area (Å²) in [5, 5.41) is 0. The molecule has 5 heteroatoms. The number of ether oxygens (including phenoxy) is 2. The summed E-state index contributed by atoms with van der Waals surface area (Å²) >= 11 is 0. The van der Waals surface area contributed by atoms with Gasteiger partial charge in [0.25, 0.3) is 5.91 Å². The van der Waals surface area contributed by atoms with Crippen molar-refractivity contribution in [2.75, 3.05) is 19.8 Å². The lowest BCUT2D eigenvalue weighted by molar-refractivity contribution is 0.0758. The number of nitrogen functional groups attached to an aromatic ring is 1. The van der Waals surface area contributed by atoms with Crippen LogP contribution < -0.4 is 16.0 Å². The minimum absolute atomic E-state index is 0.315. The maximum Gasteiger partial charge on any atom is 0.265 e. The summed E-state index contributed by atoms with van der Waals surface area (Å²) < 4.78 is 11.1. The van der Waals surface area contributed by atoms with Gasteiger partial charge in [0.15, 0.2) is 0 Å². The molecule has 0 aliphatic heterocycles. The standard InChI is InChI=1S/C15H24N2O3/c1-3-4-12(2)11-19-9-10-20-14-7-5-13(6-8-14)15(18)17-16/h5-8,12H,3-4,9-11,16H2,1-2H3,(H,17,18). The van der Waals surface area contributed by atoms with Crippen molar-refractivity contribution < 1.29 is 14.3 Å². The number of nitrogens with two attached hydrogens (primary N) is 1. The predicted molar refractivity (Wildman–Crippen MR) is 78.5 cm³/mol. The van der Waals surface area contributed by atoms with E-state index in [2.05, 4.69) is 19.3 Å². The van der Waals surface area contributed by atoms with Gasteiger partial charge in [-0.25, -0.2) is 5.84 Å². The molecule has 1 amide bonds. The summed E-state index contributed by atoms with van der Waals surface area (Å²) in [6.07, 6.45) is 2.37. The van der Waals surface area contributed by atoms with Crippen molar-refractivity contribution in [1.29, 1.82) is 0 Å². The molecule has 1 atom stereocenters. The van der Waals surface area contributed by atoms with E-state index >= 15 is 0 Å². The van der Waals surface area contributed by atoms with E-state index in [1.165, 1.54) is 12.8 Å². The average Bonchev–Trinajstić information content (AvgIpc) is 2.47. The van der Waals surface area contributed by atoms with Gasteiger partial charge in [-0.05, 0) is 36.6 Å². The van der Waals surface area contributed by atoms with Gasteiger partial charge < -0.3 is 9.47 Å². The van der Waals surface area contributed by atoms with Crippen LogP contribution in [0.25, 0.3) is 0 Å². The Morgan fingerprint density at radius 2 is 2.00 bits per heavy atom. The number of hydrogen-bond donors (Lipinski definition) is 2. The van der Waals surface area contributed by atoms with E-state index in [1.807, 2.05) is 0 Å². The zero-order valence-electron chi connectivity index (χ0n) is 12.2. The summed E-state index contributed by atoms with van der Waals surface area (Å²) in [6, 6.07) is 6.82. The number of hydrazine groups is 1. The summed E-state index contributed by atoms with van der Waals surface area (Å²) in [4.78, 5) is 11.2. The molecule has 0 radical (unpaired) electrons. The predicted octanol–water partition coefficient (Wildman–Crippen LogP) is 2.12. The molecule has 1 aromatic rings. The zero-order chi connectivity index (χ0) is 14.8. The molecule has 1 aromatic carbocycles. The second-order valence-corrected chi connectivity index (χ2v) is 4.82. The minimum Gasteiger partial charge on any atom is -0.491 e. The highest BCUT2D eigenvalue weighted by Crippen LogP contribution is 2.12. The third-order valence-electron chi connectivity index (χ3n) is 2.93. The number of rotatable bonds is 9. The molecule has 0 aromatic heterocycles. The number of nitrogens with one attached hydrogen (secondary N) is 1. The molecule has 0 heterocycles. The molecule has 0 spiro atoms. The summed E-state index contributed by atoms with van der Waals surface area (Å²) in [5.41, 5.74) is 2.59. The highest BCUT2D eigenvalue weighted by atomic mass is 16.5. The Balaban J connectivity index is 2.20. The van der Waals surface area contributed by atoms with E-state index in [4.69, 9.17) is 15.3 Å². The quantitative estimate of drug-likeness (QED) is 0.314. The molecule has 5 nitrogen and oxygen atoms in total. The molecule has 0 bridgehead atoms. The Morgan fingerprint density at radius 1 is 1.30 bits per heavy atom. The number of carbonyl (C=O) groups excluding carboxylic acids is 1. The number of carbonyl (C=O) groups is 1. The Hall–Kier alpha value is -1.59. The van der Waals surface area contributed by atoms with Crippen LogP contribution >= 0.6 is 0 Å². The summed E-state index contributed by atoms with van der Waals surface area (Å²) in [7, 11) is 0. The van der Waals surface area contributed by atoms with Gasteiger partial charge >= 0.3 is 0 Å². The van der Waals surface area contributed by atoms with Crippen LogP contribution in [-0.4, -0.2) is 25.7 Å². The molecule has 0 aliphatic rings. The first-order valence-electron chi connectivity index (χ1n) is 6.99. The van der Waals surface area contributed by atoms with E-state index in [-0.39, 0.29) is 5.91 Å². The summed E-state index contributed by atoms with van der Waals surface area (Å²) in [5.74, 6) is 6.04. The van der Waals surface area contributed by atoms with Crippen molar-refractivity contribution in [3.05, 3.63) is 29.8 Å². The van der Waals surface area contributed by atoms with Crippen molar-refractivity contribution in [3.63, 3.8) is 0 Å². The molecular weight excluding hydrogens is 256 g/mol. The van der Waals surface area contributed by atoms with E-state index in [0.717, 1.165) is 6.61 Å². The molecule has 3 N–H and O–H groups in total. The third-order valence-corrected chi connectivity index (χ3v) is 2.93. The second kappa shape index (κ2) is 9.34. The lowest BCUT2D eigenvalue weighted by Crippen LogP contribution is -2.29. The van der Waals surface area contributed by atoms with Crippen LogP contribution in [0.15, 0.2) is 24.3 Å². The molecule has 0 saturated carbocycles.